The first-order valence-electron chi connectivity index (χ1n) is 5.69. The molecule has 0 aliphatic rings. The highest BCUT2D eigenvalue weighted by atomic mass is 35.5. The van der Waals surface area contributed by atoms with Crippen molar-refractivity contribution < 1.29 is 13.9 Å². The summed E-state index contributed by atoms with van der Waals surface area (Å²) < 4.78 is 17.7. The predicted octanol–water partition coefficient (Wildman–Crippen LogP) is 2.46. The van der Waals surface area contributed by atoms with Gasteiger partial charge in [-0.3, -0.25) is 10.1 Å². The van der Waals surface area contributed by atoms with Crippen LogP contribution in [0.2, 0.25) is 5.15 Å². The molecule has 0 fully saturated rings. The van der Waals surface area contributed by atoms with Crippen LogP contribution in [0.4, 0.5) is 10.3 Å². The molecule has 2 rings (SSSR count). The Labute approximate surface area is 119 Å². The number of nitrogens with zero attached hydrogens (tertiary/aromatic N) is 2. The second kappa shape index (κ2) is 6.29. The maximum atomic E-state index is 12.7. The maximum absolute atomic E-state index is 12.7. The quantitative estimate of drug-likeness (QED) is 0.880. The summed E-state index contributed by atoms with van der Waals surface area (Å²) in [7, 11) is 1.43. The number of carbonyl (C=O) groups is 1. The van der Waals surface area contributed by atoms with Gasteiger partial charge in [0.1, 0.15) is 11.0 Å². The van der Waals surface area contributed by atoms with Gasteiger partial charge < -0.3 is 4.74 Å². The number of ether oxygens (including phenoxy) is 1. The topological polar surface area (TPSA) is 64.1 Å². The zero-order chi connectivity index (χ0) is 14.5. The van der Waals surface area contributed by atoms with E-state index in [1.165, 1.54) is 37.4 Å². The van der Waals surface area contributed by atoms with Crippen molar-refractivity contribution in [2.75, 3.05) is 12.4 Å². The van der Waals surface area contributed by atoms with Crippen molar-refractivity contribution in [3.8, 4) is 5.88 Å². The normalized spacial score (nSPS) is 10.2. The standard InChI is InChI=1S/C13H11ClFN3O2/c1-20-12-7-10(14)16-13(18-12)17-11(19)6-8-2-4-9(15)5-3-8/h2-5,7H,6H2,1H3,(H,16,17,18,19). The van der Waals surface area contributed by atoms with Gasteiger partial charge in [0.25, 0.3) is 0 Å². The van der Waals surface area contributed by atoms with E-state index in [2.05, 4.69) is 15.3 Å². The summed E-state index contributed by atoms with van der Waals surface area (Å²) in [6, 6.07) is 7.09. The average molecular weight is 296 g/mol. The van der Waals surface area contributed by atoms with Crippen LogP contribution in [-0.4, -0.2) is 23.0 Å². The summed E-state index contributed by atoms with van der Waals surface area (Å²) >= 11 is 5.77. The molecule has 0 aliphatic carbocycles. The molecule has 104 valence electrons. The highest BCUT2D eigenvalue weighted by Crippen LogP contribution is 2.16. The summed E-state index contributed by atoms with van der Waals surface area (Å²) in [5, 5.41) is 2.66. The molecule has 0 aliphatic heterocycles. The SMILES string of the molecule is COc1cc(Cl)nc(NC(=O)Cc2ccc(F)cc2)n1. The number of hydrogen-bond donors (Lipinski definition) is 1. The molecule has 0 radical (unpaired) electrons. The lowest BCUT2D eigenvalue weighted by molar-refractivity contribution is -0.115. The second-order valence-electron chi connectivity index (χ2n) is 3.91. The largest absolute Gasteiger partial charge is 0.481 e. The van der Waals surface area contributed by atoms with E-state index < -0.39 is 0 Å². The van der Waals surface area contributed by atoms with Crippen LogP contribution in [0.25, 0.3) is 0 Å². The van der Waals surface area contributed by atoms with Crippen LogP contribution < -0.4 is 10.1 Å². The van der Waals surface area contributed by atoms with Crippen molar-refractivity contribution in [3.63, 3.8) is 0 Å². The first kappa shape index (κ1) is 14.2. The summed E-state index contributed by atoms with van der Waals surface area (Å²) in [5.41, 5.74) is 0.679. The van der Waals surface area contributed by atoms with Gasteiger partial charge in [0.2, 0.25) is 17.7 Å². The molecular weight excluding hydrogens is 285 g/mol. The summed E-state index contributed by atoms with van der Waals surface area (Å²) in [5.74, 6) is -0.374. The van der Waals surface area contributed by atoms with E-state index in [1.54, 1.807) is 0 Å². The van der Waals surface area contributed by atoms with Gasteiger partial charge in [0.05, 0.1) is 13.5 Å². The zero-order valence-corrected chi connectivity index (χ0v) is 11.3. The number of amides is 1. The zero-order valence-electron chi connectivity index (χ0n) is 10.6. The lowest BCUT2D eigenvalue weighted by Crippen LogP contribution is -2.16. The third-order valence-corrected chi connectivity index (χ3v) is 2.60. The number of rotatable bonds is 4. The molecule has 0 bridgehead atoms. The number of nitrogens with one attached hydrogen (secondary N) is 1. The molecule has 20 heavy (non-hydrogen) atoms. The van der Waals surface area contributed by atoms with Gasteiger partial charge in [-0.2, -0.15) is 4.98 Å². The van der Waals surface area contributed by atoms with Crippen molar-refractivity contribution in [1.82, 2.24) is 9.97 Å². The minimum Gasteiger partial charge on any atom is -0.481 e. The van der Waals surface area contributed by atoms with Gasteiger partial charge in [0.15, 0.2) is 0 Å². The highest BCUT2D eigenvalue weighted by Gasteiger charge is 2.08. The molecule has 5 nitrogen and oxygen atoms in total. The van der Waals surface area contributed by atoms with Crippen LogP contribution in [-0.2, 0) is 11.2 Å². The van der Waals surface area contributed by atoms with Crippen LogP contribution in [0.1, 0.15) is 5.56 Å². The Kier molecular flexibility index (Phi) is 4.47. The van der Waals surface area contributed by atoms with E-state index in [0.717, 1.165) is 0 Å². The van der Waals surface area contributed by atoms with E-state index in [-0.39, 0.29) is 35.1 Å². The van der Waals surface area contributed by atoms with Crippen molar-refractivity contribution in [2.24, 2.45) is 0 Å². The van der Waals surface area contributed by atoms with Crippen LogP contribution >= 0.6 is 11.6 Å². The fraction of sp³-hybridized carbons (Fsp3) is 0.154. The number of benzene rings is 1. The minimum atomic E-state index is -0.350. The third-order valence-electron chi connectivity index (χ3n) is 2.41. The molecule has 0 unspecified atom stereocenters. The molecule has 1 aromatic carbocycles. The predicted molar refractivity (Wildman–Crippen MR) is 72.3 cm³/mol. The fourth-order valence-corrected chi connectivity index (χ4v) is 1.69. The number of hydrogen-bond acceptors (Lipinski definition) is 4. The van der Waals surface area contributed by atoms with Gasteiger partial charge >= 0.3 is 0 Å². The number of carbonyl (C=O) groups excluding carboxylic acids is 1. The maximum Gasteiger partial charge on any atom is 0.234 e. The molecule has 1 heterocycles. The smallest absolute Gasteiger partial charge is 0.234 e. The average Bonchev–Trinajstić information content (AvgIpc) is 2.40. The van der Waals surface area contributed by atoms with E-state index in [4.69, 9.17) is 16.3 Å². The van der Waals surface area contributed by atoms with Crippen molar-refractivity contribution in [1.29, 1.82) is 0 Å². The number of aromatic nitrogens is 2. The van der Waals surface area contributed by atoms with Gasteiger partial charge in [-0.1, -0.05) is 23.7 Å². The molecule has 0 atom stereocenters. The Hall–Kier alpha value is -2.21. The Morgan fingerprint density at radius 3 is 2.70 bits per heavy atom. The van der Waals surface area contributed by atoms with E-state index in [1.807, 2.05) is 0 Å². The molecule has 0 spiro atoms. The van der Waals surface area contributed by atoms with Gasteiger partial charge in [-0.05, 0) is 17.7 Å². The first-order chi connectivity index (χ1) is 9.56. The summed E-state index contributed by atoms with van der Waals surface area (Å²) in [4.78, 5) is 19.6. The Morgan fingerprint density at radius 1 is 1.35 bits per heavy atom. The molecule has 2 aromatic rings. The Balaban J connectivity index is 2.04. The van der Waals surface area contributed by atoms with Crippen molar-refractivity contribution in [3.05, 3.63) is 46.9 Å². The number of halogens is 2. The van der Waals surface area contributed by atoms with Crippen LogP contribution in [0, 0.1) is 5.82 Å². The van der Waals surface area contributed by atoms with E-state index in [9.17, 15) is 9.18 Å². The first-order valence-corrected chi connectivity index (χ1v) is 6.07. The molecule has 0 saturated carbocycles. The lowest BCUT2D eigenvalue weighted by atomic mass is 10.1. The minimum absolute atomic E-state index is 0.0569. The van der Waals surface area contributed by atoms with Gasteiger partial charge in [-0.25, -0.2) is 9.37 Å². The van der Waals surface area contributed by atoms with E-state index in [0.29, 0.717) is 5.56 Å². The molecule has 0 saturated heterocycles. The molecule has 1 N–H and O–H groups in total. The monoisotopic (exact) mass is 295 g/mol. The molecule has 1 aromatic heterocycles. The number of anilines is 1. The van der Waals surface area contributed by atoms with Crippen molar-refractivity contribution in [2.45, 2.75) is 6.42 Å². The fourth-order valence-electron chi connectivity index (χ4n) is 1.51. The van der Waals surface area contributed by atoms with E-state index >= 15 is 0 Å². The second-order valence-corrected chi connectivity index (χ2v) is 4.30. The summed E-state index contributed by atoms with van der Waals surface area (Å²) in [6.45, 7) is 0. The van der Waals surface area contributed by atoms with Crippen LogP contribution in [0.3, 0.4) is 0 Å². The Morgan fingerprint density at radius 2 is 2.05 bits per heavy atom. The molecule has 7 heteroatoms. The van der Waals surface area contributed by atoms with Crippen LogP contribution in [0.5, 0.6) is 5.88 Å². The van der Waals surface area contributed by atoms with Gasteiger partial charge in [-0.15, -0.1) is 0 Å². The molecule has 1 amide bonds. The highest BCUT2D eigenvalue weighted by molar-refractivity contribution is 6.29. The van der Waals surface area contributed by atoms with Crippen molar-refractivity contribution >= 4 is 23.5 Å². The third kappa shape index (κ3) is 3.89. The van der Waals surface area contributed by atoms with Crippen LogP contribution in [0.15, 0.2) is 30.3 Å². The lowest BCUT2D eigenvalue weighted by Gasteiger charge is -2.06. The molecular formula is C13H11ClFN3O2. The number of methoxy groups -OCH3 is 1. The summed E-state index contributed by atoms with van der Waals surface area (Å²) in [6.07, 6.45) is 0.0818. The Bertz CT molecular complexity index is 620. The van der Waals surface area contributed by atoms with Gasteiger partial charge in [0, 0.05) is 6.07 Å².